The molecule has 2 rings (SSSR count). The number of amidine groups is 1. The molecule has 0 aliphatic heterocycles. The van der Waals surface area contributed by atoms with Crippen molar-refractivity contribution < 1.29 is 14.3 Å². The molecule has 0 bridgehead atoms. The molecule has 2 aromatic carbocycles. The van der Waals surface area contributed by atoms with Crippen molar-refractivity contribution in [3.05, 3.63) is 58.4 Å². The van der Waals surface area contributed by atoms with Crippen molar-refractivity contribution in [1.29, 1.82) is 0 Å². The lowest BCUT2D eigenvalue weighted by atomic mass is 10.1. The lowest BCUT2D eigenvalue weighted by molar-refractivity contribution is 0.318. The second-order valence-corrected chi connectivity index (χ2v) is 4.54. The molecule has 0 aliphatic carbocycles. The maximum absolute atomic E-state index is 13.8. The smallest absolute Gasteiger partial charge is 0.176 e. The molecule has 0 fully saturated rings. The van der Waals surface area contributed by atoms with Gasteiger partial charge in [-0.15, -0.1) is 0 Å². The molecule has 3 N–H and O–H groups in total. The average molecular weight is 295 g/mol. The van der Waals surface area contributed by atoms with Gasteiger partial charge in [0, 0.05) is 0 Å². The fourth-order valence-electron chi connectivity index (χ4n) is 1.70. The van der Waals surface area contributed by atoms with Gasteiger partial charge in [0.1, 0.15) is 17.3 Å². The highest BCUT2D eigenvalue weighted by Crippen LogP contribution is 2.32. The molecule has 0 amide bonds. The number of benzene rings is 2. The van der Waals surface area contributed by atoms with E-state index in [4.69, 9.17) is 27.3 Å². The highest BCUT2D eigenvalue weighted by Gasteiger charge is 2.15. The summed E-state index contributed by atoms with van der Waals surface area (Å²) in [4.78, 5) is 0. The van der Waals surface area contributed by atoms with Gasteiger partial charge in [0.15, 0.2) is 5.84 Å². The summed E-state index contributed by atoms with van der Waals surface area (Å²) in [6.45, 7) is 1.89. The Balaban J connectivity index is 2.46. The van der Waals surface area contributed by atoms with Gasteiger partial charge in [-0.3, -0.25) is 0 Å². The first kappa shape index (κ1) is 14.1. The van der Waals surface area contributed by atoms with Crippen LogP contribution in [0.5, 0.6) is 11.5 Å². The first-order valence-corrected chi connectivity index (χ1v) is 6.11. The number of aryl methyl sites for hydroxylation is 1. The minimum absolute atomic E-state index is 0.117. The molecule has 0 aromatic heterocycles. The maximum Gasteiger partial charge on any atom is 0.176 e. The largest absolute Gasteiger partial charge is 0.455 e. The van der Waals surface area contributed by atoms with Gasteiger partial charge in [-0.2, -0.15) is 0 Å². The van der Waals surface area contributed by atoms with Crippen LogP contribution >= 0.6 is 11.6 Å². The molecule has 0 atom stereocenters. The van der Waals surface area contributed by atoms with E-state index in [0.717, 1.165) is 5.56 Å². The fourth-order valence-corrected chi connectivity index (χ4v) is 1.97. The summed E-state index contributed by atoms with van der Waals surface area (Å²) in [5.41, 5.74) is 6.31. The molecule has 6 heteroatoms. The van der Waals surface area contributed by atoms with Crippen LogP contribution in [0, 0.1) is 12.7 Å². The summed E-state index contributed by atoms with van der Waals surface area (Å²) < 4.78 is 19.3. The van der Waals surface area contributed by atoms with Crippen LogP contribution in [0.2, 0.25) is 5.02 Å². The van der Waals surface area contributed by atoms with Crippen molar-refractivity contribution in [1.82, 2.24) is 0 Å². The second-order valence-electron chi connectivity index (χ2n) is 4.13. The van der Waals surface area contributed by atoms with Gasteiger partial charge in [-0.1, -0.05) is 28.9 Å². The normalized spacial score (nSPS) is 11.4. The van der Waals surface area contributed by atoms with Gasteiger partial charge in [0.2, 0.25) is 0 Å². The Morgan fingerprint density at radius 1 is 1.30 bits per heavy atom. The number of ether oxygens (including phenoxy) is 1. The van der Waals surface area contributed by atoms with E-state index in [9.17, 15) is 4.39 Å². The standard InChI is InChI=1S/C14H12ClFN2O2/c1-8-5-6-11(9(15)7-8)20-12-4-2-3-10(16)13(12)14(17)18-19/h2-7,19H,1H3,(H2,17,18). The molecule has 104 valence electrons. The molecule has 0 unspecified atom stereocenters. The van der Waals surface area contributed by atoms with Crippen molar-refractivity contribution >= 4 is 17.4 Å². The highest BCUT2D eigenvalue weighted by atomic mass is 35.5. The molecule has 0 radical (unpaired) electrons. The zero-order chi connectivity index (χ0) is 14.7. The van der Waals surface area contributed by atoms with Crippen LogP contribution in [0.4, 0.5) is 4.39 Å². The predicted molar refractivity (Wildman–Crippen MR) is 75.2 cm³/mol. The van der Waals surface area contributed by atoms with E-state index in [1.54, 1.807) is 12.1 Å². The van der Waals surface area contributed by atoms with E-state index in [0.29, 0.717) is 10.8 Å². The Morgan fingerprint density at radius 3 is 2.70 bits per heavy atom. The number of nitrogens with zero attached hydrogens (tertiary/aromatic N) is 1. The third-order valence-electron chi connectivity index (χ3n) is 2.65. The van der Waals surface area contributed by atoms with E-state index in [1.165, 1.54) is 18.2 Å². The molecular weight excluding hydrogens is 283 g/mol. The third kappa shape index (κ3) is 2.83. The van der Waals surface area contributed by atoms with Crippen LogP contribution < -0.4 is 10.5 Å². The highest BCUT2D eigenvalue weighted by molar-refractivity contribution is 6.32. The minimum Gasteiger partial charge on any atom is -0.455 e. The Kier molecular flexibility index (Phi) is 4.10. The summed E-state index contributed by atoms with van der Waals surface area (Å²) in [7, 11) is 0. The quantitative estimate of drug-likeness (QED) is 0.393. The lowest BCUT2D eigenvalue weighted by Gasteiger charge is -2.12. The van der Waals surface area contributed by atoms with Crippen LogP contribution in [0.15, 0.2) is 41.6 Å². The molecular formula is C14H12ClFN2O2. The van der Waals surface area contributed by atoms with Crippen LogP contribution in [0.1, 0.15) is 11.1 Å². The molecule has 20 heavy (non-hydrogen) atoms. The zero-order valence-electron chi connectivity index (χ0n) is 10.6. The van der Waals surface area contributed by atoms with Crippen molar-refractivity contribution in [2.45, 2.75) is 6.92 Å². The van der Waals surface area contributed by atoms with Crippen LogP contribution in [-0.2, 0) is 0 Å². The number of halogens is 2. The lowest BCUT2D eigenvalue weighted by Crippen LogP contribution is -2.16. The fraction of sp³-hybridized carbons (Fsp3) is 0.0714. The van der Waals surface area contributed by atoms with Gasteiger partial charge >= 0.3 is 0 Å². The topological polar surface area (TPSA) is 67.8 Å². The Bertz CT molecular complexity index is 674. The Labute approximate surface area is 120 Å². The van der Waals surface area contributed by atoms with Gasteiger partial charge in [-0.05, 0) is 36.8 Å². The first-order valence-electron chi connectivity index (χ1n) is 5.73. The monoisotopic (exact) mass is 294 g/mol. The maximum atomic E-state index is 13.8. The van der Waals surface area contributed by atoms with E-state index >= 15 is 0 Å². The average Bonchev–Trinajstić information content (AvgIpc) is 2.41. The van der Waals surface area contributed by atoms with Crippen LogP contribution in [0.25, 0.3) is 0 Å². The van der Waals surface area contributed by atoms with Crippen molar-refractivity contribution in [2.75, 3.05) is 0 Å². The van der Waals surface area contributed by atoms with Crippen LogP contribution in [0.3, 0.4) is 0 Å². The van der Waals surface area contributed by atoms with Gasteiger partial charge < -0.3 is 15.7 Å². The van der Waals surface area contributed by atoms with Crippen molar-refractivity contribution in [2.24, 2.45) is 10.9 Å². The summed E-state index contributed by atoms with van der Waals surface area (Å²) in [6.07, 6.45) is 0. The summed E-state index contributed by atoms with van der Waals surface area (Å²) in [5.74, 6) is -0.553. The van der Waals surface area contributed by atoms with Crippen LogP contribution in [-0.4, -0.2) is 11.0 Å². The SMILES string of the molecule is Cc1ccc(Oc2cccc(F)c2C(N)=NO)c(Cl)c1. The molecule has 0 heterocycles. The predicted octanol–water partition coefficient (Wildman–Crippen LogP) is 3.67. The minimum atomic E-state index is -0.652. The van der Waals surface area contributed by atoms with Gasteiger partial charge in [0.05, 0.1) is 10.6 Å². The summed E-state index contributed by atoms with van der Waals surface area (Å²) in [6, 6.07) is 9.35. The van der Waals surface area contributed by atoms with Crippen molar-refractivity contribution in [3.63, 3.8) is 0 Å². The third-order valence-corrected chi connectivity index (χ3v) is 2.94. The van der Waals surface area contributed by atoms with E-state index < -0.39 is 5.82 Å². The number of rotatable bonds is 3. The molecule has 0 saturated heterocycles. The summed E-state index contributed by atoms with van der Waals surface area (Å²) in [5, 5.41) is 11.9. The number of hydrogen-bond donors (Lipinski definition) is 2. The van der Waals surface area contributed by atoms with Gasteiger partial charge in [0.25, 0.3) is 0 Å². The molecule has 0 saturated carbocycles. The van der Waals surface area contributed by atoms with E-state index in [-0.39, 0.29) is 17.1 Å². The molecule has 0 aliphatic rings. The molecule has 4 nitrogen and oxygen atoms in total. The first-order chi connectivity index (χ1) is 9.52. The Hall–Kier alpha value is -2.27. The second kappa shape index (κ2) is 5.79. The number of nitrogens with two attached hydrogens (primary N) is 1. The molecule has 0 spiro atoms. The number of hydrogen-bond acceptors (Lipinski definition) is 3. The Morgan fingerprint density at radius 2 is 2.05 bits per heavy atom. The van der Waals surface area contributed by atoms with E-state index in [2.05, 4.69) is 5.16 Å². The number of oxime groups is 1. The van der Waals surface area contributed by atoms with Crippen molar-refractivity contribution in [3.8, 4) is 11.5 Å². The zero-order valence-corrected chi connectivity index (χ0v) is 11.4. The molecule has 2 aromatic rings. The van der Waals surface area contributed by atoms with Gasteiger partial charge in [-0.25, -0.2) is 4.39 Å². The summed E-state index contributed by atoms with van der Waals surface area (Å²) >= 11 is 6.06. The van der Waals surface area contributed by atoms with E-state index in [1.807, 2.05) is 13.0 Å².